The summed E-state index contributed by atoms with van der Waals surface area (Å²) in [4.78, 5) is 14.3. The highest BCUT2D eigenvalue weighted by atomic mass is 32.1. The third-order valence-corrected chi connectivity index (χ3v) is 6.15. The highest BCUT2D eigenvalue weighted by Gasteiger charge is 2.16. The SMILES string of the molecule is Cc1ccc(-c2csc3nc(Nc4ncnc5c4cnn5-c4ccccc4)nn23)c(C)c1. The van der Waals surface area contributed by atoms with Gasteiger partial charge < -0.3 is 5.32 Å². The van der Waals surface area contributed by atoms with Crippen molar-refractivity contribution in [3.05, 3.63) is 77.6 Å². The topological polar surface area (TPSA) is 85.8 Å². The van der Waals surface area contributed by atoms with E-state index in [-0.39, 0.29) is 0 Å². The molecule has 156 valence electrons. The minimum atomic E-state index is 0.482. The third-order valence-electron chi connectivity index (χ3n) is 5.34. The number of fused-ring (bicyclic) bond motifs is 2. The standard InChI is InChI=1S/C23H18N8S/c1-14-8-9-17(15(2)10-14)19-12-32-23-28-22(29-31(19)23)27-20-18-11-26-30(21(18)25-13-24-20)16-6-4-3-5-7-16/h3-13H,1-2H3,(H,24,25,27,29). The van der Waals surface area contributed by atoms with Crippen LogP contribution in [0.25, 0.3) is 32.9 Å². The molecule has 8 nitrogen and oxygen atoms in total. The molecule has 0 saturated heterocycles. The van der Waals surface area contributed by atoms with Crippen molar-refractivity contribution >= 4 is 39.1 Å². The molecule has 0 fully saturated rings. The van der Waals surface area contributed by atoms with Crippen LogP contribution in [0.1, 0.15) is 11.1 Å². The summed E-state index contributed by atoms with van der Waals surface area (Å²) in [5.41, 5.74) is 6.26. The Labute approximate surface area is 187 Å². The molecule has 4 aromatic heterocycles. The fourth-order valence-electron chi connectivity index (χ4n) is 3.83. The molecule has 0 aliphatic rings. The van der Waals surface area contributed by atoms with Crippen molar-refractivity contribution in [1.82, 2.24) is 34.3 Å². The molecule has 0 saturated carbocycles. The molecule has 0 radical (unpaired) electrons. The van der Waals surface area contributed by atoms with Crippen LogP contribution in [0.3, 0.4) is 0 Å². The van der Waals surface area contributed by atoms with Crippen LogP contribution in [0.5, 0.6) is 0 Å². The first-order chi connectivity index (χ1) is 15.7. The van der Waals surface area contributed by atoms with E-state index in [0.717, 1.165) is 27.3 Å². The molecule has 0 unspecified atom stereocenters. The Morgan fingerprint density at radius 2 is 1.88 bits per heavy atom. The van der Waals surface area contributed by atoms with Crippen molar-refractivity contribution in [1.29, 1.82) is 0 Å². The van der Waals surface area contributed by atoms with Crippen LogP contribution < -0.4 is 5.32 Å². The maximum absolute atomic E-state index is 4.70. The van der Waals surface area contributed by atoms with Gasteiger partial charge >= 0.3 is 0 Å². The van der Waals surface area contributed by atoms with E-state index in [1.807, 2.05) is 34.8 Å². The maximum atomic E-state index is 4.70. The minimum Gasteiger partial charge on any atom is -0.307 e. The van der Waals surface area contributed by atoms with Crippen molar-refractivity contribution in [2.75, 3.05) is 5.32 Å². The van der Waals surface area contributed by atoms with Crippen LogP contribution >= 0.6 is 11.3 Å². The molecule has 0 amide bonds. The average molecular weight is 439 g/mol. The Kier molecular flexibility index (Phi) is 4.22. The lowest BCUT2D eigenvalue weighted by Gasteiger charge is -2.05. The smallest absolute Gasteiger partial charge is 0.249 e. The first kappa shape index (κ1) is 18.6. The molecule has 0 atom stereocenters. The summed E-state index contributed by atoms with van der Waals surface area (Å²) in [6, 6.07) is 16.3. The highest BCUT2D eigenvalue weighted by molar-refractivity contribution is 7.15. The monoisotopic (exact) mass is 438 g/mol. The Morgan fingerprint density at radius 1 is 1.00 bits per heavy atom. The molecule has 0 aliphatic carbocycles. The van der Waals surface area contributed by atoms with Gasteiger partial charge in [0.15, 0.2) is 5.65 Å². The number of nitrogens with one attached hydrogen (secondary N) is 1. The molecule has 2 aromatic carbocycles. The van der Waals surface area contributed by atoms with Gasteiger partial charge in [-0.1, -0.05) is 42.0 Å². The zero-order valence-electron chi connectivity index (χ0n) is 17.4. The molecule has 6 aromatic rings. The van der Waals surface area contributed by atoms with Gasteiger partial charge in [-0.3, -0.25) is 0 Å². The van der Waals surface area contributed by atoms with Crippen molar-refractivity contribution < 1.29 is 0 Å². The number of aryl methyl sites for hydroxylation is 2. The molecular weight excluding hydrogens is 420 g/mol. The summed E-state index contributed by atoms with van der Waals surface area (Å²) in [5, 5.41) is 15.3. The van der Waals surface area contributed by atoms with E-state index in [4.69, 9.17) is 5.10 Å². The Hall–Kier alpha value is -4.11. The molecular formula is C23H18N8S. The second-order valence-corrected chi connectivity index (χ2v) is 8.38. The van der Waals surface area contributed by atoms with Gasteiger partial charge in [0.25, 0.3) is 0 Å². The predicted octanol–water partition coefficient (Wildman–Crippen LogP) is 4.95. The van der Waals surface area contributed by atoms with Crippen LogP contribution in [0.4, 0.5) is 11.8 Å². The van der Waals surface area contributed by atoms with E-state index in [0.29, 0.717) is 17.4 Å². The number of rotatable bonds is 4. The maximum Gasteiger partial charge on any atom is 0.249 e. The molecule has 6 rings (SSSR count). The number of thiazole rings is 1. The molecule has 1 N–H and O–H groups in total. The number of hydrogen-bond donors (Lipinski definition) is 1. The van der Waals surface area contributed by atoms with Crippen LogP contribution in [-0.2, 0) is 0 Å². The number of anilines is 2. The van der Waals surface area contributed by atoms with Crippen LogP contribution in [0.2, 0.25) is 0 Å². The van der Waals surface area contributed by atoms with Crippen molar-refractivity contribution in [2.24, 2.45) is 0 Å². The lowest BCUT2D eigenvalue weighted by atomic mass is 10.0. The molecule has 9 heteroatoms. The van der Waals surface area contributed by atoms with Gasteiger partial charge in [0, 0.05) is 10.9 Å². The molecule has 32 heavy (non-hydrogen) atoms. The minimum absolute atomic E-state index is 0.482. The molecule has 0 spiro atoms. The summed E-state index contributed by atoms with van der Waals surface area (Å²) in [5.74, 6) is 1.10. The average Bonchev–Trinajstić information content (AvgIpc) is 3.49. The first-order valence-corrected chi connectivity index (χ1v) is 11.0. The van der Waals surface area contributed by atoms with Crippen molar-refractivity contribution in [3.63, 3.8) is 0 Å². The van der Waals surface area contributed by atoms with Gasteiger partial charge in [-0.15, -0.1) is 16.4 Å². The number of nitrogens with zero attached hydrogens (tertiary/aromatic N) is 7. The molecule has 0 bridgehead atoms. The number of aromatic nitrogens is 7. The van der Waals surface area contributed by atoms with Crippen LogP contribution in [0.15, 0.2) is 66.4 Å². The Bertz CT molecular complexity index is 1580. The van der Waals surface area contributed by atoms with Crippen molar-refractivity contribution in [2.45, 2.75) is 13.8 Å². The summed E-state index contributed by atoms with van der Waals surface area (Å²) in [6.07, 6.45) is 3.27. The van der Waals surface area contributed by atoms with E-state index in [9.17, 15) is 0 Å². The fraction of sp³-hybridized carbons (Fsp3) is 0.0870. The van der Waals surface area contributed by atoms with Gasteiger partial charge in [0.1, 0.15) is 12.1 Å². The Morgan fingerprint density at radius 3 is 2.72 bits per heavy atom. The second-order valence-electron chi connectivity index (χ2n) is 7.55. The summed E-state index contributed by atoms with van der Waals surface area (Å²) in [7, 11) is 0. The summed E-state index contributed by atoms with van der Waals surface area (Å²) < 4.78 is 3.66. The van der Waals surface area contributed by atoms with Gasteiger partial charge in [0.2, 0.25) is 10.9 Å². The fourth-order valence-corrected chi connectivity index (χ4v) is 4.65. The molecule has 0 aliphatic heterocycles. The quantitative estimate of drug-likeness (QED) is 0.419. The van der Waals surface area contributed by atoms with Crippen molar-refractivity contribution in [3.8, 4) is 16.9 Å². The number of para-hydroxylation sites is 1. The zero-order valence-corrected chi connectivity index (χ0v) is 18.2. The van der Waals surface area contributed by atoms with Crippen LogP contribution in [0, 0.1) is 13.8 Å². The van der Waals surface area contributed by atoms with E-state index >= 15 is 0 Å². The van der Waals surface area contributed by atoms with Gasteiger partial charge in [-0.2, -0.15) is 10.1 Å². The molecule has 4 heterocycles. The summed E-state index contributed by atoms with van der Waals surface area (Å²) >= 11 is 1.56. The lowest BCUT2D eigenvalue weighted by Crippen LogP contribution is -2.00. The lowest BCUT2D eigenvalue weighted by molar-refractivity contribution is 0.895. The number of benzene rings is 2. The van der Waals surface area contributed by atoms with E-state index in [1.54, 1.807) is 22.2 Å². The van der Waals surface area contributed by atoms with Gasteiger partial charge in [-0.25, -0.2) is 19.2 Å². The largest absolute Gasteiger partial charge is 0.307 e. The van der Waals surface area contributed by atoms with E-state index in [1.165, 1.54) is 17.5 Å². The zero-order chi connectivity index (χ0) is 21.7. The van der Waals surface area contributed by atoms with Gasteiger partial charge in [0.05, 0.1) is 23.0 Å². The highest BCUT2D eigenvalue weighted by Crippen LogP contribution is 2.30. The third kappa shape index (κ3) is 3.02. The normalized spacial score (nSPS) is 11.4. The van der Waals surface area contributed by atoms with Gasteiger partial charge in [-0.05, 0) is 31.5 Å². The predicted molar refractivity (Wildman–Crippen MR) is 126 cm³/mol. The van der Waals surface area contributed by atoms with E-state index < -0.39 is 0 Å². The first-order valence-electron chi connectivity index (χ1n) is 10.1. The van der Waals surface area contributed by atoms with Crippen LogP contribution in [-0.4, -0.2) is 34.3 Å². The summed E-state index contributed by atoms with van der Waals surface area (Å²) in [6.45, 7) is 4.21. The number of hydrogen-bond acceptors (Lipinski definition) is 7. The van der Waals surface area contributed by atoms with E-state index in [2.05, 4.69) is 62.8 Å². The Balaban J connectivity index is 1.39. The second kappa shape index (κ2) is 7.24.